The Morgan fingerprint density at radius 3 is 2.85 bits per heavy atom. The number of carbonyl (C=O) groups is 1. The highest BCUT2D eigenvalue weighted by molar-refractivity contribution is 5.92. The third-order valence-electron chi connectivity index (χ3n) is 4.80. The van der Waals surface area contributed by atoms with Crippen LogP contribution >= 0.6 is 0 Å². The van der Waals surface area contributed by atoms with Crippen LogP contribution in [0.15, 0.2) is 30.7 Å². The van der Waals surface area contributed by atoms with Gasteiger partial charge in [0.05, 0.1) is 6.20 Å². The number of hydrogen-bond donors (Lipinski definition) is 2. The van der Waals surface area contributed by atoms with Gasteiger partial charge in [0.1, 0.15) is 22.8 Å². The predicted octanol–water partition coefficient (Wildman–Crippen LogP) is 3.22. The molecule has 1 amide bonds. The van der Waals surface area contributed by atoms with Gasteiger partial charge in [-0.3, -0.25) is 4.79 Å². The van der Waals surface area contributed by atoms with E-state index in [9.17, 15) is 9.18 Å². The number of anilines is 1. The highest BCUT2D eigenvalue weighted by Gasteiger charge is 2.33. The van der Waals surface area contributed by atoms with E-state index in [0.717, 1.165) is 6.20 Å². The van der Waals surface area contributed by atoms with Crippen molar-refractivity contribution in [2.24, 2.45) is 0 Å². The Hall–Kier alpha value is -3.03. The zero-order valence-electron chi connectivity index (χ0n) is 15.9. The van der Waals surface area contributed by atoms with Gasteiger partial charge in [0.2, 0.25) is 5.91 Å². The van der Waals surface area contributed by atoms with Gasteiger partial charge in [-0.1, -0.05) is 6.92 Å². The van der Waals surface area contributed by atoms with Crippen LogP contribution < -0.4 is 5.32 Å². The van der Waals surface area contributed by atoms with Gasteiger partial charge in [-0.05, 0) is 32.4 Å². The van der Waals surface area contributed by atoms with E-state index in [1.165, 1.54) is 6.07 Å². The first-order valence-electron chi connectivity index (χ1n) is 8.87. The summed E-state index contributed by atoms with van der Waals surface area (Å²) in [6.07, 6.45) is 5.06. The van der Waals surface area contributed by atoms with Crippen LogP contribution in [0.25, 0.3) is 22.4 Å². The Bertz CT molecular complexity index is 972. The predicted molar refractivity (Wildman–Crippen MR) is 103 cm³/mol. The first kappa shape index (κ1) is 18.8. The molecular formula is C19H23FN6O. The van der Waals surface area contributed by atoms with Crippen LogP contribution in [-0.4, -0.2) is 49.9 Å². The number of nitrogens with one attached hydrogen (secondary N) is 2. The first-order valence-corrected chi connectivity index (χ1v) is 8.87. The van der Waals surface area contributed by atoms with Crippen molar-refractivity contribution in [1.82, 2.24) is 24.8 Å². The largest absolute Gasteiger partial charge is 0.356 e. The van der Waals surface area contributed by atoms with Gasteiger partial charge in [-0.15, -0.1) is 0 Å². The van der Waals surface area contributed by atoms with Crippen LogP contribution in [0, 0.1) is 5.82 Å². The number of carbonyl (C=O) groups excluding carboxylic acids is 1. The molecule has 27 heavy (non-hydrogen) atoms. The van der Waals surface area contributed by atoms with Crippen LogP contribution in [0.4, 0.5) is 10.2 Å². The topological polar surface area (TPSA) is 86.8 Å². The summed E-state index contributed by atoms with van der Waals surface area (Å²) in [7, 11) is 1.77. The van der Waals surface area contributed by atoms with Crippen LogP contribution in [0.1, 0.15) is 27.2 Å². The average molecular weight is 370 g/mol. The average Bonchev–Trinajstić information content (AvgIpc) is 3.09. The Labute approximate surface area is 157 Å². The molecule has 2 N–H and O–H groups in total. The molecule has 0 radical (unpaired) electrons. The zero-order chi connectivity index (χ0) is 19.6. The first-order chi connectivity index (χ1) is 12.9. The van der Waals surface area contributed by atoms with Gasteiger partial charge < -0.3 is 15.2 Å². The lowest BCUT2D eigenvalue weighted by molar-refractivity contribution is -0.134. The fraction of sp³-hybridized carbons (Fsp3) is 0.368. The summed E-state index contributed by atoms with van der Waals surface area (Å²) >= 11 is 0. The summed E-state index contributed by atoms with van der Waals surface area (Å²) in [4.78, 5) is 30.2. The molecule has 1 unspecified atom stereocenters. The van der Waals surface area contributed by atoms with E-state index in [1.807, 2.05) is 20.8 Å². The van der Waals surface area contributed by atoms with Crippen LogP contribution in [0.3, 0.4) is 0 Å². The lowest BCUT2D eigenvalue weighted by Crippen LogP contribution is -2.50. The number of halogens is 1. The molecule has 0 saturated carbocycles. The van der Waals surface area contributed by atoms with Gasteiger partial charge in [0, 0.05) is 36.9 Å². The third kappa shape index (κ3) is 3.60. The van der Waals surface area contributed by atoms with E-state index in [4.69, 9.17) is 0 Å². The maximum Gasteiger partial charge on any atom is 0.247 e. The van der Waals surface area contributed by atoms with Crippen LogP contribution in [-0.2, 0) is 4.79 Å². The molecule has 0 spiro atoms. The van der Waals surface area contributed by atoms with Crippen LogP contribution in [0.2, 0.25) is 0 Å². The fourth-order valence-corrected chi connectivity index (χ4v) is 2.86. The lowest BCUT2D eigenvalue weighted by atomic mass is 9.97. The van der Waals surface area contributed by atoms with Gasteiger partial charge in [0.25, 0.3) is 0 Å². The molecule has 0 aliphatic heterocycles. The number of pyridine rings is 1. The quantitative estimate of drug-likeness (QED) is 0.696. The number of H-pyrrole nitrogens is 1. The second-order valence-electron chi connectivity index (χ2n) is 6.65. The summed E-state index contributed by atoms with van der Waals surface area (Å²) in [5.74, 6) is 0.518. The SMILES string of the molecule is CCN(C)C(=O)C(C)(CC)Nc1ccnc(-c2c[nH]c3ncc(F)cc23)n1. The highest BCUT2D eigenvalue weighted by atomic mass is 19.1. The fourth-order valence-electron chi connectivity index (χ4n) is 2.86. The summed E-state index contributed by atoms with van der Waals surface area (Å²) in [5.41, 5.74) is 0.423. The van der Waals surface area contributed by atoms with E-state index < -0.39 is 11.4 Å². The molecule has 7 nitrogen and oxygen atoms in total. The molecule has 0 aromatic carbocycles. The number of likely N-dealkylation sites (N-methyl/N-ethyl adjacent to an activating group) is 1. The summed E-state index contributed by atoms with van der Waals surface area (Å²) in [5, 5.41) is 3.84. The number of nitrogens with zero attached hydrogens (tertiary/aromatic N) is 4. The van der Waals surface area contributed by atoms with Crippen molar-refractivity contribution >= 4 is 22.8 Å². The molecule has 8 heteroatoms. The molecule has 0 fully saturated rings. The van der Waals surface area contributed by atoms with Crippen molar-refractivity contribution in [2.45, 2.75) is 32.7 Å². The smallest absolute Gasteiger partial charge is 0.247 e. The van der Waals surface area contributed by atoms with Crippen molar-refractivity contribution < 1.29 is 9.18 Å². The molecule has 3 rings (SSSR count). The normalized spacial score (nSPS) is 13.4. The van der Waals surface area contributed by atoms with E-state index in [-0.39, 0.29) is 5.91 Å². The number of fused-ring (bicyclic) bond motifs is 1. The molecule has 0 bridgehead atoms. The van der Waals surface area contributed by atoms with Gasteiger partial charge in [0.15, 0.2) is 5.82 Å². The van der Waals surface area contributed by atoms with Gasteiger partial charge in [-0.25, -0.2) is 19.3 Å². The van der Waals surface area contributed by atoms with Crippen molar-refractivity contribution in [3.63, 3.8) is 0 Å². The highest BCUT2D eigenvalue weighted by Crippen LogP contribution is 2.27. The number of hydrogen-bond acceptors (Lipinski definition) is 5. The summed E-state index contributed by atoms with van der Waals surface area (Å²) < 4.78 is 13.6. The van der Waals surface area contributed by atoms with Crippen molar-refractivity contribution in [3.8, 4) is 11.4 Å². The third-order valence-corrected chi connectivity index (χ3v) is 4.80. The minimum absolute atomic E-state index is 0.00831. The van der Waals surface area contributed by atoms with Gasteiger partial charge in [-0.2, -0.15) is 0 Å². The minimum Gasteiger partial charge on any atom is -0.356 e. The molecule has 142 valence electrons. The molecule has 1 atom stereocenters. The molecule has 0 saturated heterocycles. The molecule has 0 aliphatic carbocycles. The lowest BCUT2D eigenvalue weighted by Gasteiger charge is -2.32. The second kappa shape index (κ2) is 7.30. The molecule has 0 aliphatic rings. The summed E-state index contributed by atoms with van der Waals surface area (Å²) in [6, 6.07) is 3.11. The van der Waals surface area contributed by atoms with E-state index >= 15 is 0 Å². The summed E-state index contributed by atoms with van der Waals surface area (Å²) in [6.45, 7) is 6.36. The maximum absolute atomic E-state index is 13.6. The number of rotatable bonds is 6. The van der Waals surface area contributed by atoms with E-state index in [0.29, 0.717) is 41.2 Å². The van der Waals surface area contributed by atoms with E-state index in [2.05, 4.69) is 25.3 Å². The minimum atomic E-state index is -0.787. The molecule has 3 aromatic heterocycles. The monoisotopic (exact) mass is 370 g/mol. The number of aromatic nitrogens is 4. The molecular weight excluding hydrogens is 347 g/mol. The van der Waals surface area contributed by atoms with Crippen molar-refractivity contribution in [1.29, 1.82) is 0 Å². The van der Waals surface area contributed by atoms with Crippen molar-refractivity contribution in [2.75, 3.05) is 18.9 Å². The zero-order valence-corrected chi connectivity index (χ0v) is 15.9. The number of aromatic amines is 1. The molecule has 3 aromatic rings. The van der Waals surface area contributed by atoms with E-state index in [1.54, 1.807) is 30.4 Å². The second-order valence-corrected chi connectivity index (χ2v) is 6.65. The molecule has 3 heterocycles. The Morgan fingerprint density at radius 2 is 2.15 bits per heavy atom. The van der Waals surface area contributed by atoms with Gasteiger partial charge >= 0.3 is 0 Å². The maximum atomic E-state index is 13.6. The number of amides is 1. The Morgan fingerprint density at radius 1 is 1.37 bits per heavy atom. The Balaban J connectivity index is 1.95. The van der Waals surface area contributed by atoms with Crippen molar-refractivity contribution in [3.05, 3.63) is 36.5 Å². The Kier molecular flexibility index (Phi) is 5.07. The van der Waals surface area contributed by atoms with Crippen LogP contribution in [0.5, 0.6) is 0 Å². The standard InChI is InChI=1S/C19H23FN6O/c1-5-19(3,18(27)26(4)6-2)25-15-7-8-21-17(24-15)14-11-23-16-13(14)9-12(20)10-22-16/h7-11H,5-6H2,1-4H3,(H,22,23)(H,21,24,25).